The molecule has 0 radical (unpaired) electrons. The van der Waals surface area contributed by atoms with E-state index in [1.54, 1.807) is 22.7 Å². The van der Waals surface area contributed by atoms with Gasteiger partial charge in [-0.3, -0.25) is 0 Å². The zero-order valence-corrected chi connectivity index (χ0v) is 13.4. The molecule has 1 aliphatic heterocycles. The molecule has 0 bridgehead atoms. The Kier molecular flexibility index (Phi) is 3.94. The average Bonchev–Trinajstić information content (AvgIpc) is 3.29. The Morgan fingerprint density at radius 1 is 1.00 bits per heavy atom. The van der Waals surface area contributed by atoms with Crippen molar-refractivity contribution >= 4 is 22.7 Å². The van der Waals surface area contributed by atoms with Crippen LogP contribution in [0.4, 0.5) is 0 Å². The molecular weight excluding hydrogens is 316 g/mol. The summed E-state index contributed by atoms with van der Waals surface area (Å²) in [6.07, 6.45) is -0.117. The van der Waals surface area contributed by atoms with Gasteiger partial charge < -0.3 is 10.1 Å². The Labute approximate surface area is 136 Å². The number of aromatic nitrogens is 3. The zero-order valence-electron chi connectivity index (χ0n) is 11.7. The van der Waals surface area contributed by atoms with Gasteiger partial charge in [0, 0.05) is 13.1 Å². The molecule has 0 saturated carbocycles. The van der Waals surface area contributed by atoms with Crippen LogP contribution in [0, 0.1) is 0 Å². The highest BCUT2D eigenvalue weighted by atomic mass is 32.1. The molecule has 1 aliphatic rings. The molecule has 1 fully saturated rings. The standard InChI is InChI=1S/C15H14N4OS2/c1-3-11(21-7-1)14-17-13(10-9-16-5-6-20-10)18-15(19-14)12-4-2-8-22-12/h1-4,7-8,10,16H,5-6,9H2. The lowest BCUT2D eigenvalue weighted by Crippen LogP contribution is -2.34. The van der Waals surface area contributed by atoms with E-state index < -0.39 is 0 Å². The fourth-order valence-electron chi connectivity index (χ4n) is 2.30. The fraction of sp³-hybridized carbons (Fsp3) is 0.267. The molecule has 22 heavy (non-hydrogen) atoms. The summed E-state index contributed by atoms with van der Waals surface area (Å²) in [5.74, 6) is 2.14. The minimum absolute atomic E-state index is 0.117. The van der Waals surface area contributed by atoms with Gasteiger partial charge in [0.1, 0.15) is 6.10 Å². The largest absolute Gasteiger partial charge is 0.368 e. The minimum Gasteiger partial charge on any atom is -0.368 e. The van der Waals surface area contributed by atoms with Crippen LogP contribution in [0.1, 0.15) is 11.9 Å². The second kappa shape index (κ2) is 6.21. The maximum absolute atomic E-state index is 5.80. The van der Waals surface area contributed by atoms with Gasteiger partial charge in [-0.2, -0.15) is 0 Å². The van der Waals surface area contributed by atoms with Crippen LogP contribution in [0.25, 0.3) is 21.4 Å². The average molecular weight is 330 g/mol. The first kappa shape index (κ1) is 14.0. The van der Waals surface area contributed by atoms with Crippen LogP contribution in [-0.4, -0.2) is 34.6 Å². The van der Waals surface area contributed by atoms with E-state index in [9.17, 15) is 0 Å². The highest BCUT2D eigenvalue weighted by Crippen LogP contribution is 2.28. The van der Waals surface area contributed by atoms with E-state index in [0.717, 1.165) is 34.5 Å². The summed E-state index contributed by atoms with van der Waals surface area (Å²) in [7, 11) is 0. The molecule has 5 nitrogen and oxygen atoms in total. The molecule has 1 unspecified atom stereocenters. The Bertz CT molecular complexity index is 685. The molecule has 3 aromatic rings. The third-order valence-electron chi connectivity index (χ3n) is 3.35. The number of hydrogen-bond acceptors (Lipinski definition) is 7. The Morgan fingerprint density at radius 2 is 1.68 bits per heavy atom. The van der Waals surface area contributed by atoms with Crippen molar-refractivity contribution in [1.82, 2.24) is 20.3 Å². The number of rotatable bonds is 3. The zero-order chi connectivity index (χ0) is 14.8. The van der Waals surface area contributed by atoms with E-state index in [-0.39, 0.29) is 6.10 Å². The van der Waals surface area contributed by atoms with Crippen molar-refractivity contribution in [3.05, 3.63) is 40.8 Å². The van der Waals surface area contributed by atoms with Gasteiger partial charge in [0.15, 0.2) is 17.5 Å². The molecule has 1 atom stereocenters. The summed E-state index contributed by atoms with van der Waals surface area (Å²) >= 11 is 3.26. The number of thiophene rings is 2. The number of morpholine rings is 1. The lowest BCUT2D eigenvalue weighted by atomic mass is 10.3. The summed E-state index contributed by atoms with van der Waals surface area (Å²) in [6, 6.07) is 8.07. The summed E-state index contributed by atoms with van der Waals surface area (Å²) in [6.45, 7) is 2.29. The van der Waals surface area contributed by atoms with Gasteiger partial charge in [0.25, 0.3) is 0 Å². The van der Waals surface area contributed by atoms with Crippen molar-refractivity contribution in [1.29, 1.82) is 0 Å². The molecule has 3 aromatic heterocycles. The van der Waals surface area contributed by atoms with Crippen molar-refractivity contribution in [2.75, 3.05) is 19.7 Å². The molecule has 0 aliphatic carbocycles. The molecule has 7 heteroatoms. The van der Waals surface area contributed by atoms with Crippen LogP contribution in [0.15, 0.2) is 35.0 Å². The van der Waals surface area contributed by atoms with Crippen molar-refractivity contribution in [3.8, 4) is 21.4 Å². The first-order valence-electron chi connectivity index (χ1n) is 7.06. The summed E-state index contributed by atoms with van der Waals surface area (Å²) < 4.78 is 5.80. The fourth-order valence-corrected chi connectivity index (χ4v) is 3.61. The molecule has 4 rings (SSSR count). The molecule has 0 amide bonds. The van der Waals surface area contributed by atoms with Gasteiger partial charge in [-0.15, -0.1) is 22.7 Å². The molecule has 112 valence electrons. The summed E-state index contributed by atoms with van der Waals surface area (Å²) in [5.41, 5.74) is 0. The van der Waals surface area contributed by atoms with Crippen LogP contribution in [0.5, 0.6) is 0 Å². The van der Waals surface area contributed by atoms with Crippen LogP contribution >= 0.6 is 22.7 Å². The minimum atomic E-state index is -0.117. The van der Waals surface area contributed by atoms with Crippen molar-refractivity contribution in [2.45, 2.75) is 6.10 Å². The van der Waals surface area contributed by atoms with Crippen molar-refractivity contribution in [3.63, 3.8) is 0 Å². The highest BCUT2D eigenvalue weighted by molar-refractivity contribution is 7.13. The monoisotopic (exact) mass is 330 g/mol. The van der Waals surface area contributed by atoms with Crippen LogP contribution in [0.3, 0.4) is 0 Å². The summed E-state index contributed by atoms with van der Waals surface area (Å²) in [5, 5.41) is 7.38. The molecular formula is C15H14N4OS2. The second-order valence-corrected chi connectivity index (χ2v) is 6.75. The van der Waals surface area contributed by atoms with Gasteiger partial charge in [0.05, 0.1) is 16.4 Å². The Balaban J connectivity index is 1.80. The van der Waals surface area contributed by atoms with Gasteiger partial charge in [-0.1, -0.05) is 12.1 Å². The van der Waals surface area contributed by atoms with E-state index in [1.165, 1.54) is 0 Å². The SMILES string of the molecule is c1csc(-c2nc(-c3cccs3)nc(C3CNCCO3)n2)c1. The quantitative estimate of drug-likeness (QED) is 0.800. The van der Waals surface area contributed by atoms with Crippen LogP contribution in [0.2, 0.25) is 0 Å². The highest BCUT2D eigenvalue weighted by Gasteiger charge is 2.21. The first-order chi connectivity index (χ1) is 10.9. The maximum atomic E-state index is 5.80. The predicted molar refractivity (Wildman–Crippen MR) is 88.0 cm³/mol. The van der Waals surface area contributed by atoms with Crippen molar-refractivity contribution < 1.29 is 4.74 Å². The number of nitrogens with one attached hydrogen (secondary N) is 1. The number of ether oxygens (including phenoxy) is 1. The Morgan fingerprint density at radius 3 is 2.18 bits per heavy atom. The first-order valence-corrected chi connectivity index (χ1v) is 8.82. The van der Waals surface area contributed by atoms with E-state index in [2.05, 4.69) is 20.3 Å². The molecule has 1 N–H and O–H groups in total. The van der Waals surface area contributed by atoms with Gasteiger partial charge >= 0.3 is 0 Å². The lowest BCUT2D eigenvalue weighted by Gasteiger charge is -2.22. The Hall–Kier alpha value is -1.67. The smallest absolute Gasteiger partial charge is 0.173 e. The van der Waals surface area contributed by atoms with Crippen LogP contribution < -0.4 is 5.32 Å². The normalized spacial score (nSPS) is 18.5. The lowest BCUT2D eigenvalue weighted by molar-refractivity contribution is 0.0221. The van der Waals surface area contributed by atoms with E-state index >= 15 is 0 Å². The number of hydrogen-bond donors (Lipinski definition) is 1. The predicted octanol–water partition coefficient (Wildman–Crippen LogP) is 2.99. The molecule has 0 aromatic carbocycles. The van der Waals surface area contributed by atoms with Crippen LogP contribution in [-0.2, 0) is 4.74 Å². The van der Waals surface area contributed by atoms with Gasteiger partial charge in [-0.25, -0.2) is 15.0 Å². The molecule has 0 spiro atoms. The van der Waals surface area contributed by atoms with E-state index in [1.807, 2.05) is 35.0 Å². The third-order valence-corrected chi connectivity index (χ3v) is 5.08. The van der Waals surface area contributed by atoms with E-state index in [0.29, 0.717) is 12.4 Å². The molecule has 4 heterocycles. The topological polar surface area (TPSA) is 59.9 Å². The molecule has 1 saturated heterocycles. The third kappa shape index (κ3) is 2.80. The van der Waals surface area contributed by atoms with Gasteiger partial charge in [0.2, 0.25) is 0 Å². The van der Waals surface area contributed by atoms with Crippen molar-refractivity contribution in [2.24, 2.45) is 0 Å². The van der Waals surface area contributed by atoms with Gasteiger partial charge in [-0.05, 0) is 22.9 Å². The number of nitrogens with zero attached hydrogens (tertiary/aromatic N) is 3. The maximum Gasteiger partial charge on any atom is 0.173 e. The van der Waals surface area contributed by atoms with E-state index in [4.69, 9.17) is 4.74 Å². The second-order valence-electron chi connectivity index (χ2n) is 4.86. The summed E-state index contributed by atoms with van der Waals surface area (Å²) in [4.78, 5) is 16.0.